The summed E-state index contributed by atoms with van der Waals surface area (Å²) in [5, 5.41) is 2.32. The molecule has 0 bridgehead atoms. The summed E-state index contributed by atoms with van der Waals surface area (Å²) in [7, 11) is -4.37. The second-order valence-corrected chi connectivity index (χ2v) is 23.3. The van der Waals surface area contributed by atoms with Crippen LogP contribution in [0.2, 0.25) is 24.7 Å². The Morgan fingerprint density at radius 3 is 1.62 bits per heavy atom. The maximum atomic E-state index is 13.2. The molecule has 0 saturated carbocycles. The molecule has 2 atom stereocenters. The molecule has 0 aliphatic rings. The van der Waals surface area contributed by atoms with Gasteiger partial charge in [-0.1, -0.05) is 107 Å². The fraction of sp³-hybridized carbons (Fsp3) is 0.500. The van der Waals surface area contributed by atoms with Gasteiger partial charge in [0, 0.05) is 11.4 Å². The van der Waals surface area contributed by atoms with Gasteiger partial charge in [0.2, 0.25) is 0 Å². The van der Waals surface area contributed by atoms with Gasteiger partial charge in [0.25, 0.3) is 8.32 Å². The summed E-state index contributed by atoms with van der Waals surface area (Å²) in [5.41, 5.74) is 2.76. The fourth-order valence-electron chi connectivity index (χ4n) is 3.79. The molecule has 0 amide bonds. The van der Waals surface area contributed by atoms with E-state index < -0.39 is 38.0 Å². The molecule has 0 aromatic heterocycles. The lowest BCUT2D eigenvalue weighted by Gasteiger charge is -2.44. The van der Waals surface area contributed by atoms with E-state index in [-0.39, 0.29) is 5.04 Å². The largest absolute Gasteiger partial charge is 0.598 e. The van der Waals surface area contributed by atoms with E-state index in [0.29, 0.717) is 6.61 Å². The molecule has 0 aliphatic carbocycles. The van der Waals surface area contributed by atoms with Crippen LogP contribution in [-0.2, 0) is 15.8 Å². The van der Waals surface area contributed by atoms with E-state index >= 15 is 0 Å². The third-order valence-electron chi connectivity index (χ3n) is 5.58. The quantitative estimate of drug-likeness (QED) is 0.312. The molecule has 0 heterocycles. The van der Waals surface area contributed by atoms with Gasteiger partial charge < -0.3 is 8.98 Å². The Balaban J connectivity index is 2.62. The highest BCUT2D eigenvalue weighted by Gasteiger charge is 2.51. The van der Waals surface area contributed by atoms with Crippen molar-refractivity contribution in [2.75, 3.05) is 6.61 Å². The van der Waals surface area contributed by atoms with Gasteiger partial charge in [-0.15, -0.1) is 10.3 Å². The fourth-order valence-corrected chi connectivity index (χ4v) is 9.93. The lowest BCUT2D eigenvalue weighted by atomic mass is 10.1. The Hall–Kier alpha value is -1.34. The molecule has 3 nitrogen and oxygen atoms in total. The van der Waals surface area contributed by atoms with E-state index in [0.717, 1.165) is 0 Å². The zero-order valence-corrected chi connectivity index (χ0v) is 25.5. The molecule has 2 aromatic carbocycles. The third kappa shape index (κ3) is 7.33. The zero-order valence-electron chi connectivity index (χ0n) is 22.7. The van der Waals surface area contributed by atoms with Crippen LogP contribution in [-0.4, -0.2) is 37.8 Å². The van der Waals surface area contributed by atoms with Crippen LogP contribution in [0.15, 0.2) is 60.7 Å². The molecule has 34 heavy (non-hydrogen) atoms. The Morgan fingerprint density at radius 1 is 0.824 bits per heavy atom. The van der Waals surface area contributed by atoms with Crippen molar-refractivity contribution in [3.05, 3.63) is 60.7 Å². The van der Waals surface area contributed by atoms with Crippen LogP contribution in [0.1, 0.15) is 48.5 Å². The van der Waals surface area contributed by atoms with Crippen molar-refractivity contribution in [2.24, 2.45) is 0 Å². The van der Waals surface area contributed by atoms with E-state index in [1.807, 2.05) is 39.8 Å². The van der Waals surface area contributed by atoms with Gasteiger partial charge in [-0.05, 0) is 43.1 Å². The van der Waals surface area contributed by atoms with Crippen LogP contribution < -0.4 is 15.1 Å². The third-order valence-corrected chi connectivity index (χ3v) is 13.2. The van der Waals surface area contributed by atoms with Crippen molar-refractivity contribution in [2.45, 2.75) is 83.4 Å². The molecule has 0 fully saturated rings. The first-order valence-corrected chi connectivity index (χ1v) is 18.6. The van der Waals surface area contributed by atoms with Crippen LogP contribution >= 0.6 is 0 Å². The number of nitrogens with one attached hydrogen (secondary N) is 1. The highest BCUT2D eigenvalue weighted by molar-refractivity contribution is 7.90. The first-order chi connectivity index (χ1) is 15.5. The maximum Gasteiger partial charge on any atom is 0.261 e. The minimum Gasteiger partial charge on any atom is -0.598 e. The molecule has 0 aliphatic heterocycles. The molecule has 2 rings (SSSR count). The van der Waals surface area contributed by atoms with E-state index in [9.17, 15) is 4.55 Å². The van der Waals surface area contributed by atoms with Gasteiger partial charge >= 0.3 is 0 Å². The summed E-state index contributed by atoms with van der Waals surface area (Å²) in [6.45, 7) is 21.8. The Morgan fingerprint density at radius 2 is 1.26 bits per heavy atom. The molecule has 0 radical (unpaired) electrons. The predicted octanol–water partition coefficient (Wildman–Crippen LogP) is 5.25. The second kappa shape index (κ2) is 10.7. The topological polar surface area (TPSA) is 44.3 Å². The van der Waals surface area contributed by atoms with Crippen molar-refractivity contribution in [1.29, 1.82) is 0 Å². The SMILES string of the molecule is CC(C#C[Si](C)(C)C)(CO[Si](c1ccccc1)(c1ccccc1)C(C)(C)C)N[S@@+]([O-])C(C)(C)C. The van der Waals surface area contributed by atoms with Gasteiger partial charge in [0.1, 0.15) is 18.4 Å². The molecule has 6 heteroatoms. The van der Waals surface area contributed by atoms with Crippen LogP contribution in [0.25, 0.3) is 0 Å². The maximum absolute atomic E-state index is 13.2. The monoisotopic (exact) mass is 513 g/mol. The Bertz CT molecular complexity index is 943. The van der Waals surface area contributed by atoms with Gasteiger partial charge in [0.05, 0.1) is 6.61 Å². The Labute approximate surface area is 213 Å². The van der Waals surface area contributed by atoms with Crippen LogP contribution in [0.5, 0.6) is 0 Å². The second-order valence-electron chi connectivity index (χ2n) is 12.3. The molecule has 0 saturated heterocycles. The van der Waals surface area contributed by atoms with Crippen molar-refractivity contribution < 1.29 is 8.98 Å². The first-order valence-electron chi connectivity index (χ1n) is 12.0. The molecule has 0 spiro atoms. The summed E-state index contributed by atoms with van der Waals surface area (Å²) in [4.78, 5) is 0. The summed E-state index contributed by atoms with van der Waals surface area (Å²) < 4.78 is 23.3. The first kappa shape index (κ1) is 28.9. The minimum atomic E-state index is -2.73. The van der Waals surface area contributed by atoms with Crippen molar-refractivity contribution in [1.82, 2.24) is 4.72 Å². The lowest BCUT2D eigenvalue weighted by Crippen LogP contribution is -2.68. The van der Waals surface area contributed by atoms with Crippen molar-refractivity contribution in [3.8, 4) is 11.5 Å². The highest BCUT2D eigenvalue weighted by atomic mass is 32.2. The molecular weight excluding hydrogens is 471 g/mol. The van der Waals surface area contributed by atoms with Gasteiger partial charge in [-0.25, -0.2) is 0 Å². The molecule has 186 valence electrons. The van der Waals surface area contributed by atoms with E-state index in [1.165, 1.54) is 10.4 Å². The summed E-state index contributed by atoms with van der Waals surface area (Å²) in [6.07, 6.45) is 0. The molecular formula is C28H43NO2SSi2. The van der Waals surface area contributed by atoms with E-state index in [4.69, 9.17) is 4.43 Å². The Kier molecular flexibility index (Phi) is 9.12. The summed E-state index contributed by atoms with van der Waals surface area (Å²) in [5.74, 6) is 3.47. The zero-order chi connectivity index (χ0) is 25.8. The van der Waals surface area contributed by atoms with Crippen LogP contribution in [0.3, 0.4) is 0 Å². The number of rotatable bonds is 7. The minimum absolute atomic E-state index is 0.133. The van der Waals surface area contributed by atoms with Gasteiger partial charge in [0.15, 0.2) is 0 Å². The summed E-state index contributed by atoms with van der Waals surface area (Å²) in [6, 6.07) is 21.2. The van der Waals surface area contributed by atoms with Crippen molar-refractivity contribution >= 4 is 38.1 Å². The average molecular weight is 514 g/mol. The van der Waals surface area contributed by atoms with Crippen LogP contribution in [0, 0.1) is 11.5 Å². The van der Waals surface area contributed by atoms with E-state index in [1.54, 1.807) is 0 Å². The molecule has 1 N–H and O–H groups in total. The van der Waals surface area contributed by atoms with Gasteiger partial charge in [-0.3, -0.25) is 0 Å². The molecule has 2 aromatic rings. The normalized spacial score (nSPS) is 15.7. The van der Waals surface area contributed by atoms with Crippen LogP contribution in [0.4, 0.5) is 0 Å². The smallest absolute Gasteiger partial charge is 0.261 e. The van der Waals surface area contributed by atoms with Gasteiger partial charge in [-0.2, -0.15) is 0 Å². The standard InChI is InChI=1S/C28H43NO2SSi2/c1-26(2,3)32(30)29-28(7,21-22-33(8,9)10)23-31-34(27(4,5)6,24-17-13-11-14-18-24)25-19-15-12-16-20-25/h11-20,29H,23H2,1-10H3/t28?,32-/m0/s1. The number of hydrogen-bond acceptors (Lipinski definition) is 3. The average Bonchev–Trinajstić information content (AvgIpc) is 2.72. The number of hydrogen-bond donors (Lipinski definition) is 1. The van der Waals surface area contributed by atoms with Crippen molar-refractivity contribution in [3.63, 3.8) is 0 Å². The lowest BCUT2D eigenvalue weighted by molar-refractivity contribution is 0.239. The predicted molar refractivity (Wildman–Crippen MR) is 154 cm³/mol. The highest BCUT2D eigenvalue weighted by Crippen LogP contribution is 2.37. The van der Waals surface area contributed by atoms with E-state index in [2.05, 4.69) is 105 Å². The summed E-state index contributed by atoms with van der Waals surface area (Å²) >= 11 is -1.28. The molecule has 1 unspecified atom stereocenters. The number of benzene rings is 2.